The van der Waals surface area contributed by atoms with Gasteiger partial charge in [-0.3, -0.25) is 4.79 Å². The molecule has 2 unspecified atom stereocenters. The van der Waals surface area contributed by atoms with Gasteiger partial charge < -0.3 is 10.2 Å². The smallest absolute Gasteiger partial charge is 0.251 e. The maximum absolute atomic E-state index is 12.3. The second-order valence-corrected chi connectivity index (χ2v) is 6.02. The van der Waals surface area contributed by atoms with Crippen molar-refractivity contribution in [1.29, 1.82) is 0 Å². The number of likely N-dealkylation sites (tertiary alicyclic amines) is 1. The maximum atomic E-state index is 12.3. The van der Waals surface area contributed by atoms with Gasteiger partial charge in [-0.1, -0.05) is 25.4 Å². The van der Waals surface area contributed by atoms with E-state index in [1.54, 1.807) is 6.07 Å². The lowest BCUT2D eigenvalue weighted by Crippen LogP contribution is -2.48. The van der Waals surface area contributed by atoms with Crippen molar-refractivity contribution in [1.82, 2.24) is 15.2 Å². The summed E-state index contributed by atoms with van der Waals surface area (Å²) in [6.07, 6.45) is 1.76. The fourth-order valence-corrected chi connectivity index (χ4v) is 2.91. The molecule has 2 rings (SSSR count). The molecule has 1 aliphatic heterocycles. The van der Waals surface area contributed by atoms with E-state index >= 15 is 0 Å². The van der Waals surface area contributed by atoms with Crippen LogP contribution in [0, 0.1) is 5.92 Å². The van der Waals surface area contributed by atoms with Crippen molar-refractivity contribution in [3.05, 3.63) is 28.5 Å². The molecule has 1 aromatic rings. The van der Waals surface area contributed by atoms with Gasteiger partial charge in [-0.25, -0.2) is 4.98 Å². The van der Waals surface area contributed by atoms with Crippen LogP contribution in [0.1, 0.15) is 36.3 Å². The van der Waals surface area contributed by atoms with Crippen LogP contribution in [0.2, 0.25) is 5.15 Å². The van der Waals surface area contributed by atoms with E-state index in [2.05, 4.69) is 29.2 Å². The van der Waals surface area contributed by atoms with Gasteiger partial charge >= 0.3 is 0 Å². The lowest BCUT2D eigenvalue weighted by Gasteiger charge is -2.35. The Morgan fingerprint density at radius 1 is 1.55 bits per heavy atom. The first-order valence-corrected chi connectivity index (χ1v) is 7.53. The molecule has 1 N–H and O–H groups in total. The van der Waals surface area contributed by atoms with Crippen molar-refractivity contribution < 1.29 is 4.79 Å². The van der Waals surface area contributed by atoms with Gasteiger partial charge in [-0.2, -0.15) is 0 Å². The molecular weight excluding hydrogens is 274 g/mol. The first-order chi connectivity index (χ1) is 9.49. The molecule has 0 saturated carbocycles. The Hall–Kier alpha value is -1.13. The number of carbonyl (C=O) groups excluding carboxylic acids is 1. The number of hydrogen-bond donors (Lipinski definition) is 1. The molecule has 1 amide bonds. The third-order valence-electron chi connectivity index (χ3n) is 3.90. The molecule has 2 heterocycles. The number of amides is 1. The van der Waals surface area contributed by atoms with E-state index in [0.29, 0.717) is 16.6 Å². The van der Waals surface area contributed by atoms with Crippen LogP contribution in [0.15, 0.2) is 12.1 Å². The molecule has 5 heteroatoms. The number of nitrogens with zero attached hydrogens (tertiary/aromatic N) is 2. The largest absolute Gasteiger partial charge is 0.349 e. The normalized spacial score (nSPS) is 23.6. The van der Waals surface area contributed by atoms with Crippen molar-refractivity contribution in [2.45, 2.75) is 32.7 Å². The second-order valence-electron chi connectivity index (χ2n) is 5.63. The van der Waals surface area contributed by atoms with Gasteiger partial charge in [0.15, 0.2) is 0 Å². The Balaban J connectivity index is 2.06. The predicted molar refractivity (Wildman–Crippen MR) is 81.2 cm³/mol. The van der Waals surface area contributed by atoms with Crippen LogP contribution in [-0.4, -0.2) is 42.0 Å². The number of pyridine rings is 1. The van der Waals surface area contributed by atoms with Crippen molar-refractivity contribution in [3.8, 4) is 0 Å². The average Bonchev–Trinajstić information content (AvgIpc) is 2.41. The predicted octanol–water partition coefficient (Wildman–Crippen LogP) is 2.37. The van der Waals surface area contributed by atoms with E-state index in [4.69, 9.17) is 11.6 Å². The molecular formula is C15H22ClN3O. The highest BCUT2D eigenvalue weighted by Crippen LogP contribution is 2.17. The third-order valence-corrected chi connectivity index (χ3v) is 4.09. The fourth-order valence-electron chi connectivity index (χ4n) is 2.68. The summed E-state index contributed by atoms with van der Waals surface area (Å²) < 4.78 is 0. The van der Waals surface area contributed by atoms with E-state index in [1.807, 2.05) is 13.0 Å². The van der Waals surface area contributed by atoms with Crippen LogP contribution in [0.3, 0.4) is 0 Å². The number of aromatic nitrogens is 1. The lowest BCUT2D eigenvalue weighted by molar-refractivity contribution is 0.0883. The Morgan fingerprint density at radius 3 is 2.95 bits per heavy atom. The summed E-state index contributed by atoms with van der Waals surface area (Å²) in [4.78, 5) is 18.8. The zero-order valence-electron chi connectivity index (χ0n) is 12.3. The first-order valence-electron chi connectivity index (χ1n) is 7.15. The third kappa shape index (κ3) is 3.70. The van der Waals surface area contributed by atoms with Crippen molar-refractivity contribution in [3.63, 3.8) is 0 Å². The summed E-state index contributed by atoms with van der Waals surface area (Å²) in [6, 6.07) is 3.69. The minimum atomic E-state index is -0.0506. The highest BCUT2D eigenvalue weighted by Gasteiger charge is 2.25. The van der Waals surface area contributed by atoms with E-state index in [0.717, 1.165) is 31.6 Å². The average molecular weight is 296 g/mol. The number of piperidine rings is 1. The molecule has 0 spiro atoms. The summed E-state index contributed by atoms with van der Waals surface area (Å²) in [5.41, 5.74) is 1.45. The summed E-state index contributed by atoms with van der Waals surface area (Å²) in [6.45, 7) is 6.21. The van der Waals surface area contributed by atoms with E-state index in [-0.39, 0.29) is 11.9 Å². The number of carbonyl (C=O) groups is 1. The standard InChI is InChI=1S/C15H22ClN3O/c1-4-12-7-11(8-14(16)17-12)15(20)18-13-5-6-19(3)9-10(13)2/h7-8,10,13H,4-6,9H2,1-3H3,(H,18,20). The summed E-state index contributed by atoms with van der Waals surface area (Å²) in [5, 5.41) is 3.51. The summed E-state index contributed by atoms with van der Waals surface area (Å²) in [7, 11) is 2.12. The molecule has 1 aromatic heterocycles. The molecule has 0 aliphatic carbocycles. The molecule has 110 valence electrons. The van der Waals surface area contributed by atoms with E-state index < -0.39 is 0 Å². The molecule has 0 aromatic carbocycles. The molecule has 20 heavy (non-hydrogen) atoms. The number of halogens is 1. The van der Waals surface area contributed by atoms with Gasteiger partial charge in [0.1, 0.15) is 5.15 Å². The number of aryl methyl sites for hydroxylation is 1. The molecule has 2 atom stereocenters. The summed E-state index contributed by atoms with van der Waals surface area (Å²) in [5.74, 6) is 0.408. The van der Waals surface area contributed by atoms with Gasteiger partial charge in [0.25, 0.3) is 5.91 Å². The van der Waals surface area contributed by atoms with Gasteiger partial charge in [0, 0.05) is 23.8 Å². The highest BCUT2D eigenvalue weighted by atomic mass is 35.5. The van der Waals surface area contributed by atoms with Crippen LogP contribution in [0.5, 0.6) is 0 Å². The van der Waals surface area contributed by atoms with E-state index in [9.17, 15) is 4.79 Å². The molecule has 1 fully saturated rings. The first kappa shape index (κ1) is 15.3. The van der Waals surface area contributed by atoms with Gasteiger partial charge in [0.05, 0.1) is 0 Å². The minimum absolute atomic E-state index is 0.0506. The fraction of sp³-hybridized carbons (Fsp3) is 0.600. The van der Waals surface area contributed by atoms with Crippen molar-refractivity contribution in [2.24, 2.45) is 5.92 Å². The zero-order valence-corrected chi connectivity index (χ0v) is 13.1. The molecule has 0 radical (unpaired) electrons. The zero-order chi connectivity index (χ0) is 14.7. The molecule has 1 saturated heterocycles. The van der Waals surface area contributed by atoms with Gasteiger partial charge in [-0.15, -0.1) is 0 Å². The van der Waals surface area contributed by atoms with Crippen LogP contribution < -0.4 is 5.32 Å². The molecule has 0 bridgehead atoms. The number of nitrogens with one attached hydrogen (secondary N) is 1. The topological polar surface area (TPSA) is 45.2 Å². The Labute approximate surface area is 125 Å². The van der Waals surface area contributed by atoms with Crippen LogP contribution in [0.25, 0.3) is 0 Å². The maximum Gasteiger partial charge on any atom is 0.251 e. The molecule has 1 aliphatic rings. The number of rotatable bonds is 3. The number of hydrogen-bond acceptors (Lipinski definition) is 3. The van der Waals surface area contributed by atoms with Gasteiger partial charge in [0.2, 0.25) is 0 Å². The second kappa shape index (κ2) is 6.55. The highest BCUT2D eigenvalue weighted by molar-refractivity contribution is 6.29. The van der Waals surface area contributed by atoms with Crippen LogP contribution >= 0.6 is 11.6 Å². The Kier molecular flexibility index (Phi) is 5.00. The molecule has 4 nitrogen and oxygen atoms in total. The van der Waals surface area contributed by atoms with Crippen molar-refractivity contribution in [2.75, 3.05) is 20.1 Å². The van der Waals surface area contributed by atoms with Crippen molar-refractivity contribution >= 4 is 17.5 Å². The Bertz CT molecular complexity index is 492. The van der Waals surface area contributed by atoms with E-state index in [1.165, 1.54) is 0 Å². The van der Waals surface area contributed by atoms with Gasteiger partial charge in [-0.05, 0) is 44.5 Å². The monoisotopic (exact) mass is 295 g/mol. The summed E-state index contributed by atoms with van der Waals surface area (Å²) >= 11 is 5.97. The van der Waals surface area contributed by atoms with Crippen LogP contribution in [-0.2, 0) is 6.42 Å². The Morgan fingerprint density at radius 2 is 2.30 bits per heavy atom. The van der Waals surface area contributed by atoms with Crippen LogP contribution in [0.4, 0.5) is 0 Å². The quantitative estimate of drug-likeness (QED) is 0.871. The minimum Gasteiger partial charge on any atom is -0.349 e. The SMILES string of the molecule is CCc1cc(C(=O)NC2CCN(C)CC2C)cc(Cl)n1. The lowest BCUT2D eigenvalue weighted by atomic mass is 9.94.